The van der Waals surface area contributed by atoms with E-state index in [0.717, 1.165) is 16.3 Å². The molecule has 0 saturated carbocycles. The molecule has 0 saturated heterocycles. The molecular weight excluding hydrogens is 228 g/mol. The van der Waals surface area contributed by atoms with Crippen LogP contribution in [0.2, 0.25) is 0 Å². The summed E-state index contributed by atoms with van der Waals surface area (Å²) in [6.45, 7) is 0. The van der Waals surface area contributed by atoms with E-state index in [4.69, 9.17) is 9.73 Å². The molecule has 4 heteroatoms. The van der Waals surface area contributed by atoms with Crippen LogP contribution in [-0.4, -0.2) is 16.6 Å². The van der Waals surface area contributed by atoms with E-state index in [1.807, 2.05) is 42.5 Å². The van der Waals surface area contributed by atoms with Crippen molar-refractivity contribution in [2.75, 3.05) is 0 Å². The van der Waals surface area contributed by atoms with Gasteiger partial charge < -0.3 is 9.73 Å². The lowest BCUT2D eigenvalue weighted by Gasteiger charge is -2.02. The molecule has 0 atom stereocenters. The van der Waals surface area contributed by atoms with Crippen molar-refractivity contribution in [2.45, 2.75) is 0 Å². The van der Waals surface area contributed by atoms with Crippen molar-refractivity contribution in [1.29, 1.82) is 0 Å². The Hall–Kier alpha value is -2.62. The van der Waals surface area contributed by atoms with Gasteiger partial charge in [-0.1, -0.05) is 52.8 Å². The molecule has 88 valence electrons. The van der Waals surface area contributed by atoms with Gasteiger partial charge in [-0.2, -0.15) is 0 Å². The van der Waals surface area contributed by atoms with Gasteiger partial charge in [-0.3, -0.25) is 0 Å². The SMILES string of the molecule is ON=Cc1cc(-c2cccc3ccccc23)on1. The van der Waals surface area contributed by atoms with Gasteiger partial charge in [-0.25, -0.2) is 0 Å². The van der Waals surface area contributed by atoms with E-state index >= 15 is 0 Å². The van der Waals surface area contributed by atoms with Gasteiger partial charge in [-0.05, 0) is 10.8 Å². The van der Waals surface area contributed by atoms with Gasteiger partial charge in [-0.15, -0.1) is 0 Å². The first-order valence-electron chi connectivity index (χ1n) is 5.51. The van der Waals surface area contributed by atoms with Gasteiger partial charge in [0.2, 0.25) is 0 Å². The standard InChI is InChI=1S/C14H10N2O2/c17-15-9-11-8-14(18-16-11)13-7-3-5-10-4-1-2-6-12(10)13/h1-9,17H. The second kappa shape index (κ2) is 4.33. The topological polar surface area (TPSA) is 58.6 Å². The summed E-state index contributed by atoms with van der Waals surface area (Å²) >= 11 is 0. The summed E-state index contributed by atoms with van der Waals surface area (Å²) in [7, 11) is 0. The molecule has 0 aliphatic carbocycles. The van der Waals surface area contributed by atoms with E-state index < -0.39 is 0 Å². The van der Waals surface area contributed by atoms with Crippen molar-refractivity contribution < 1.29 is 9.73 Å². The van der Waals surface area contributed by atoms with E-state index in [0.29, 0.717) is 11.5 Å². The third-order valence-electron chi connectivity index (χ3n) is 2.77. The Kier molecular flexibility index (Phi) is 2.53. The zero-order chi connectivity index (χ0) is 12.4. The summed E-state index contributed by atoms with van der Waals surface area (Å²) in [4.78, 5) is 0. The normalized spacial score (nSPS) is 11.3. The average molecular weight is 238 g/mol. The van der Waals surface area contributed by atoms with Crippen molar-refractivity contribution in [3.63, 3.8) is 0 Å². The van der Waals surface area contributed by atoms with Crippen molar-refractivity contribution in [1.82, 2.24) is 5.16 Å². The van der Waals surface area contributed by atoms with Gasteiger partial charge >= 0.3 is 0 Å². The van der Waals surface area contributed by atoms with Crippen LogP contribution in [0.1, 0.15) is 5.69 Å². The van der Waals surface area contributed by atoms with Crippen molar-refractivity contribution >= 4 is 17.0 Å². The van der Waals surface area contributed by atoms with Crippen LogP contribution in [0.5, 0.6) is 0 Å². The number of rotatable bonds is 2. The number of hydrogen-bond acceptors (Lipinski definition) is 4. The van der Waals surface area contributed by atoms with E-state index in [1.165, 1.54) is 6.21 Å². The van der Waals surface area contributed by atoms with Crippen LogP contribution in [0.25, 0.3) is 22.1 Å². The van der Waals surface area contributed by atoms with Crippen LogP contribution < -0.4 is 0 Å². The molecule has 0 unspecified atom stereocenters. The molecule has 0 spiro atoms. The van der Waals surface area contributed by atoms with Crippen molar-refractivity contribution in [3.05, 3.63) is 54.2 Å². The van der Waals surface area contributed by atoms with Crippen LogP contribution in [0.4, 0.5) is 0 Å². The maximum Gasteiger partial charge on any atom is 0.168 e. The molecule has 1 N–H and O–H groups in total. The largest absolute Gasteiger partial charge is 0.411 e. The number of hydrogen-bond donors (Lipinski definition) is 1. The van der Waals surface area contributed by atoms with Crippen molar-refractivity contribution in [2.24, 2.45) is 5.16 Å². The summed E-state index contributed by atoms with van der Waals surface area (Å²) < 4.78 is 5.26. The molecule has 2 aromatic carbocycles. The highest BCUT2D eigenvalue weighted by Gasteiger charge is 2.08. The van der Waals surface area contributed by atoms with Crippen LogP contribution in [-0.2, 0) is 0 Å². The average Bonchev–Trinajstić information content (AvgIpc) is 2.87. The molecule has 0 bridgehead atoms. The third-order valence-corrected chi connectivity index (χ3v) is 2.77. The van der Waals surface area contributed by atoms with E-state index in [1.54, 1.807) is 6.07 Å². The lowest BCUT2D eigenvalue weighted by atomic mass is 10.0. The molecule has 1 aromatic heterocycles. The Morgan fingerprint density at radius 2 is 1.94 bits per heavy atom. The molecule has 0 radical (unpaired) electrons. The predicted molar refractivity (Wildman–Crippen MR) is 68.8 cm³/mol. The maximum absolute atomic E-state index is 8.46. The van der Waals surface area contributed by atoms with Gasteiger partial charge in [0.15, 0.2) is 5.76 Å². The number of nitrogens with zero attached hydrogens (tertiary/aromatic N) is 2. The molecule has 0 fully saturated rings. The summed E-state index contributed by atoms with van der Waals surface area (Å²) in [6, 6.07) is 15.8. The van der Waals surface area contributed by atoms with E-state index in [-0.39, 0.29) is 0 Å². The Morgan fingerprint density at radius 3 is 2.83 bits per heavy atom. The Morgan fingerprint density at radius 1 is 1.11 bits per heavy atom. The lowest BCUT2D eigenvalue weighted by molar-refractivity contribution is 0.321. The second-order valence-electron chi connectivity index (χ2n) is 3.89. The van der Waals surface area contributed by atoms with Gasteiger partial charge in [0.05, 0.1) is 6.21 Å². The first kappa shape index (κ1) is 10.5. The summed E-state index contributed by atoms with van der Waals surface area (Å²) in [5.74, 6) is 0.654. The highest BCUT2D eigenvalue weighted by atomic mass is 16.5. The number of benzene rings is 2. The molecule has 0 amide bonds. The lowest BCUT2D eigenvalue weighted by Crippen LogP contribution is -1.79. The molecule has 4 nitrogen and oxygen atoms in total. The predicted octanol–water partition coefficient (Wildman–Crippen LogP) is 3.30. The Balaban J connectivity index is 2.18. The first-order chi connectivity index (χ1) is 8.88. The fourth-order valence-corrected chi connectivity index (χ4v) is 1.98. The molecule has 3 aromatic rings. The second-order valence-corrected chi connectivity index (χ2v) is 3.89. The zero-order valence-corrected chi connectivity index (χ0v) is 9.45. The fourth-order valence-electron chi connectivity index (χ4n) is 1.98. The number of aromatic nitrogens is 1. The van der Waals surface area contributed by atoms with Crippen LogP contribution >= 0.6 is 0 Å². The molecule has 18 heavy (non-hydrogen) atoms. The fraction of sp³-hybridized carbons (Fsp3) is 0. The Bertz CT molecular complexity index is 711. The van der Waals surface area contributed by atoms with E-state index in [2.05, 4.69) is 10.3 Å². The highest BCUT2D eigenvalue weighted by Crippen LogP contribution is 2.28. The minimum Gasteiger partial charge on any atom is -0.411 e. The quantitative estimate of drug-likeness (QED) is 0.423. The minimum absolute atomic E-state index is 0.487. The summed E-state index contributed by atoms with van der Waals surface area (Å²) in [5.41, 5.74) is 1.46. The molecule has 3 rings (SSSR count). The summed E-state index contributed by atoms with van der Waals surface area (Å²) in [6.07, 6.45) is 1.23. The Labute approximate surface area is 103 Å². The van der Waals surface area contributed by atoms with Gasteiger partial charge in [0.1, 0.15) is 5.69 Å². The first-order valence-corrected chi connectivity index (χ1v) is 5.51. The molecule has 0 aliphatic rings. The number of fused-ring (bicyclic) bond motifs is 1. The third kappa shape index (κ3) is 1.73. The monoisotopic (exact) mass is 238 g/mol. The smallest absolute Gasteiger partial charge is 0.168 e. The van der Waals surface area contributed by atoms with Gasteiger partial charge in [0, 0.05) is 11.6 Å². The zero-order valence-electron chi connectivity index (χ0n) is 9.45. The van der Waals surface area contributed by atoms with E-state index in [9.17, 15) is 0 Å². The van der Waals surface area contributed by atoms with Crippen LogP contribution in [0.15, 0.2) is 58.2 Å². The van der Waals surface area contributed by atoms with Crippen LogP contribution in [0, 0.1) is 0 Å². The highest BCUT2D eigenvalue weighted by molar-refractivity contribution is 5.95. The molecule has 0 aliphatic heterocycles. The van der Waals surface area contributed by atoms with Gasteiger partial charge in [0.25, 0.3) is 0 Å². The number of oxime groups is 1. The van der Waals surface area contributed by atoms with Crippen LogP contribution in [0.3, 0.4) is 0 Å². The maximum atomic E-state index is 8.46. The minimum atomic E-state index is 0.487. The molecular formula is C14H10N2O2. The molecule has 1 heterocycles. The van der Waals surface area contributed by atoms with Crippen molar-refractivity contribution in [3.8, 4) is 11.3 Å². The summed E-state index contributed by atoms with van der Waals surface area (Å²) in [5, 5.41) is 17.4.